The number of carbonyl (C=O) groups is 2. The molecular weight excluding hydrogens is 272 g/mol. The van der Waals surface area contributed by atoms with Crippen molar-refractivity contribution in [2.45, 2.75) is 44.8 Å². The van der Waals surface area contributed by atoms with Crippen LogP contribution in [0.3, 0.4) is 0 Å². The van der Waals surface area contributed by atoms with E-state index in [9.17, 15) is 19.8 Å². The zero-order chi connectivity index (χ0) is 15.1. The summed E-state index contributed by atoms with van der Waals surface area (Å²) in [7, 11) is 0. The maximum absolute atomic E-state index is 12.1. The van der Waals surface area contributed by atoms with E-state index in [-0.39, 0.29) is 17.6 Å². The van der Waals surface area contributed by atoms with E-state index in [4.69, 9.17) is 0 Å². The molecule has 3 heterocycles. The van der Waals surface area contributed by atoms with Crippen molar-refractivity contribution in [2.75, 3.05) is 13.1 Å². The number of β-lactam (4-membered cyclic amide) rings is 1. The zero-order valence-corrected chi connectivity index (χ0v) is 12.2. The molecule has 0 radical (unpaired) electrons. The summed E-state index contributed by atoms with van der Waals surface area (Å²) in [4.78, 5) is 25.0. The number of piperidine rings is 1. The second kappa shape index (κ2) is 5.42. The first-order valence-corrected chi connectivity index (χ1v) is 7.68. The Hall–Kier alpha value is -1.40. The van der Waals surface area contributed by atoms with Crippen molar-refractivity contribution in [3.8, 4) is 0 Å². The fraction of sp³-hybridized carbons (Fsp3) is 0.733. The van der Waals surface area contributed by atoms with Crippen molar-refractivity contribution in [1.82, 2.24) is 10.2 Å². The van der Waals surface area contributed by atoms with Gasteiger partial charge in [-0.2, -0.15) is 0 Å². The predicted octanol–water partition coefficient (Wildman–Crippen LogP) is 0.326. The van der Waals surface area contributed by atoms with Gasteiger partial charge in [-0.25, -0.2) is 4.79 Å². The van der Waals surface area contributed by atoms with Crippen LogP contribution >= 0.6 is 0 Å². The highest BCUT2D eigenvalue weighted by atomic mass is 16.4. The predicted molar refractivity (Wildman–Crippen MR) is 75.3 cm³/mol. The van der Waals surface area contributed by atoms with Gasteiger partial charge in [-0.05, 0) is 57.2 Å². The number of hydrogen-bond acceptors (Lipinski definition) is 4. The van der Waals surface area contributed by atoms with E-state index >= 15 is 0 Å². The number of nitrogens with one attached hydrogen (secondary N) is 1. The molecule has 0 spiro atoms. The van der Waals surface area contributed by atoms with Crippen LogP contribution in [0.4, 0.5) is 0 Å². The lowest BCUT2D eigenvalue weighted by molar-refractivity contribution is -0.161. The molecule has 0 unspecified atom stereocenters. The maximum atomic E-state index is 12.1. The number of carboxylic acid groups (broad SMARTS) is 1. The van der Waals surface area contributed by atoms with Gasteiger partial charge in [0.05, 0.1) is 18.1 Å². The van der Waals surface area contributed by atoms with E-state index in [2.05, 4.69) is 5.32 Å². The quantitative estimate of drug-likeness (QED) is 0.650. The van der Waals surface area contributed by atoms with Gasteiger partial charge in [0.2, 0.25) is 5.91 Å². The Bertz CT molecular complexity index is 494. The van der Waals surface area contributed by atoms with Crippen LogP contribution in [-0.2, 0) is 9.59 Å². The largest absolute Gasteiger partial charge is 0.477 e. The molecule has 0 aliphatic carbocycles. The Labute approximate surface area is 123 Å². The minimum atomic E-state index is -1.01. The van der Waals surface area contributed by atoms with Crippen molar-refractivity contribution >= 4 is 11.9 Å². The van der Waals surface area contributed by atoms with E-state index in [1.807, 2.05) is 0 Å². The summed E-state index contributed by atoms with van der Waals surface area (Å²) in [5, 5.41) is 22.5. The molecule has 0 bridgehead atoms. The molecule has 3 aliphatic rings. The monoisotopic (exact) mass is 294 g/mol. The van der Waals surface area contributed by atoms with Crippen LogP contribution in [0.25, 0.3) is 0 Å². The van der Waals surface area contributed by atoms with Crippen LogP contribution in [-0.4, -0.2) is 52.2 Å². The average molecular weight is 294 g/mol. The molecule has 0 saturated carbocycles. The van der Waals surface area contributed by atoms with Crippen molar-refractivity contribution in [1.29, 1.82) is 0 Å². The van der Waals surface area contributed by atoms with E-state index in [0.29, 0.717) is 12.3 Å². The molecule has 6 nitrogen and oxygen atoms in total. The fourth-order valence-corrected chi connectivity index (χ4v) is 3.98. The third-order valence-corrected chi connectivity index (χ3v) is 5.02. The van der Waals surface area contributed by atoms with Gasteiger partial charge in [0.15, 0.2) is 0 Å². The van der Waals surface area contributed by atoms with Crippen LogP contribution in [0.15, 0.2) is 11.3 Å². The minimum Gasteiger partial charge on any atom is -0.477 e. The Morgan fingerprint density at radius 1 is 1.43 bits per heavy atom. The molecule has 21 heavy (non-hydrogen) atoms. The van der Waals surface area contributed by atoms with Crippen LogP contribution in [0.5, 0.6) is 0 Å². The lowest BCUT2D eigenvalue weighted by Gasteiger charge is -2.44. The van der Waals surface area contributed by atoms with Crippen molar-refractivity contribution in [2.24, 2.45) is 11.8 Å². The van der Waals surface area contributed by atoms with Crippen LogP contribution in [0.2, 0.25) is 0 Å². The van der Waals surface area contributed by atoms with E-state index in [1.165, 1.54) is 4.90 Å². The van der Waals surface area contributed by atoms with Gasteiger partial charge in [-0.3, -0.25) is 4.79 Å². The number of hydrogen-bond donors (Lipinski definition) is 3. The molecular formula is C15H22N2O4. The Balaban J connectivity index is 1.79. The molecule has 2 fully saturated rings. The minimum absolute atomic E-state index is 0.152. The number of aliphatic hydroxyl groups is 1. The van der Waals surface area contributed by atoms with Crippen molar-refractivity contribution in [3.05, 3.63) is 11.3 Å². The summed E-state index contributed by atoms with van der Waals surface area (Å²) in [6.45, 7) is 3.55. The molecule has 3 N–H and O–H groups in total. The van der Waals surface area contributed by atoms with Gasteiger partial charge < -0.3 is 20.4 Å². The topological polar surface area (TPSA) is 89.9 Å². The van der Waals surface area contributed by atoms with E-state index in [1.54, 1.807) is 6.92 Å². The van der Waals surface area contributed by atoms with Gasteiger partial charge >= 0.3 is 5.97 Å². The molecule has 2 saturated heterocycles. The first-order valence-electron chi connectivity index (χ1n) is 7.68. The van der Waals surface area contributed by atoms with E-state index < -0.39 is 18.0 Å². The summed E-state index contributed by atoms with van der Waals surface area (Å²) in [5.74, 6) is -1.20. The van der Waals surface area contributed by atoms with Crippen LogP contribution in [0, 0.1) is 11.8 Å². The van der Waals surface area contributed by atoms with Crippen LogP contribution in [0.1, 0.15) is 32.6 Å². The molecule has 0 aromatic carbocycles. The molecule has 3 rings (SSSR count). The highest BCUT2D eigenvalue weighted by Gasteiger charge is 2.56. The van der Waals surface area contributed by atoms with Gasteiger partial charge in [0, 0.05) is 0 Å². The second-order valence-electron chi connectivity index (χ2n) is 6.40. The molecule has 3 atom stereocenters. The SMILES string of the molecule is C[C@@H](O)[C@H]1C(=O)N2C(C(=O)O)=C(CC3CCNCC3)C[C@H]12. The van der Waals surface area contributed by atoms with Gasteiger partial charge in [0.25, 0.3) is 0 Å². The highest BCUT2D eigenvalue weighted by Crippen LogP contribution is 2.45. The third-order valence-electron chi connectivity index (χ3n) is 5.02. The summed E-state index contributed by atoms with van der Waals surface area (Å²) in [5.41, 5.74) is 1.07. The van der Waals surface area contributed by atoms with Gasteiger partial charge in [-0.15, -0.1) is 0 Å². The number of rotatable bonds is 4. The Morgan fingerprint density at radius 2 is 2.10 bits per heavy atom. The number of nitrogens with zero attached hydrogens (tertiary/aromatic N) is 1. The van der Waals surface area contributed by atoms with Gasteiger partial charge in [0.1, 0.15) is 5.70 Å². The lowest BCUT2D eigenvalue weighted by atomic mass is 9.82. The van der Waals surface area contributed by atoms with Crippen molar-refractivity contribution < 1.29 is 19.8 Å². The number of aliphatic carboxylic acids is 1. The standard InChI is InChI=1S/C15H22N2O4/c1-8(18)12-11-7-10(6-9-2-4-16-5-3-9)13(15(20)21)17(11)14(12)19/h8-9,11-12,16,18H,2-7H2,1H3,(H,20,21)/t8-,11-,12-/m1/s1. The lowest BCUT2D eigenvalue weighted by Crippen LogP contribution is -2.61. The second-order valence-corrected chi connectivity index (χ2v) is 6.40. The fourth-order valence-electron chi connectivity index (χ4n) is 3.98. The molecule has 1 amide bonds. The maximum Gasteiger partial charge on any atom is 0.352 e. The Morgan fingerprint density at radius 3 is 2.67 bits per heavy atom. The van der Waals surface area contributed by atoms with E-state index in [0.717, 1.165) is 37.9 Å². The molecule has 0 aromatic heterocycles. The number of aliphatic hydroxyl groups excluding tert-OH is 1. The number of amides is 1. The summed E-state index contributed by atoms with van der Waals surface area (Å²) in [6, 6.07) is -0.152. The number of carboxylic acids is 1. The normalized spacial score (nSPS) is 31.1. The number of carbonyl (C=O) groups excluding carboxylic acids is 1. The first kappa shape index (κ1) is 14.5. The first-order chi connectivity index (χ1) is 10.0. The highest BCUT2D eigenvalue weighted by molar-refractivity contribution is 5.99. The number of fused-ring (bicyclic) bond motifs is 1. The average Bonchev–Trinajstić information content (AvgIpc) is 2.74. The molecule has 3 aliphatic heterocycles. The summed E-state index contributed by atoms with van der Waals surface area (Å²) in [6.07, 6.45) is 2.75. The third kappa shape index (κ3) is 2.36. The van der Waals surface area contributed by atoms with Crippen LogP contribution < -0.4 is 5.32 Å². The smallest absolute Gasteiger partial charge is 0.352 e. The zero-order valence-electron chi connectivity index (χ0n) is 12.2. The molecule has 6 heteroatoms. The van der Waals surface area contributed by atoms with Gasteiger partial charge in [-0.1, -0.05) is 0 Å². The van der Waals surface area contributed by atoms with Crippen molar-refractivity contribution in [3.63, 3.8) is 0 Å². The molecule has 116 valence electrons. The molecule has 0 aromatic rings. The summed E-state index contributed by atoms with van der Waals surface area (Å²) >= 11 is 0. The Kier molecular flexibility index (Phi) is 3.75. The summed E-state index contributed by atoms with van der Waals surface area (Å²) < 4.78 is 0.